The lowest BCUT2D eigenvalue weighted by Crippen LogP contribution is -2.10. The van der Waals surface area contributed by atoms with Crippen LogP contribution in [0.25, 0.3) is 0 Å². The van der Waals surface area contributed by atoms with Crippen molar-refractivity contribution in [2.24, 2.45) is 5.73 Å². The minimum atomic E-state index is -0.100. The molecular weight excluding hydrogens is 274 g/mol. The summed E-state index contributed by atoms with van der Waals surface area (Å²) >= 11 is 5.10. The van der Waals surface area contributed by atoms with Crippen LogP contribution in [0.3, 0.4) is 0 Å². The molecule has 0 spiro atoms. The van der Waals surface area contributed by atoms with Gasteiger partial charge in [0.25, 0.3) is 0 Å². The zero-order valence-corrected chi connectivity index (χ0v) is 11.0. The maximum Gasteiger partial charge on any atom is 0.174 e. The molecule has 15 heavy (non-hydrogen) atoms. The first-order chi connectivity index (χ1) is 7.09. The summed E-state index contributed by atoms with van der Waals surface area (Å²) in [5.41, 5.74) is 8.44. The van der Waals surface area contributed by atoms with Gasteiger partial charge in [-0.05, 0) is 47.5 Å². The Bertz CT molecular complexity index is 475. The first kappa shape index (κ1) is 10.9. The largest absolute Gasteiger partial charge is 0.457 e. The van der Waals surface area contributed by atoms with Gasteiger partial charge >= 0.3 is 0 Å². The Balaban J connectivity index is 2.40. The lowest BCUT2D eigenvalue weighted by Gasteiger charge is -2.09. The van der Waals surface area contributed by atoms with Gasteiger partial charge in [0.15, 0.2) is 4.67 Å². The molecule has 2 aromatic rings. The van der Waals surface area contributed by atoms with E-state index in [-0.39, 0.29) is 6.04 Å². The molecule has 2 rings (SSSR count). The number of aryl methyl sites for hydroxylation is 2. The van der Waals surface area contributed by atoms with Crippen molar-refractivity contribution in [1.29, 1.82) is 0 Å². The van der Waals surface area contributed by atoms with Crippen molar-refractivity contribution in [3.8, 4) is 0 Å². The van der Waals surface area contributed by atoms with Gasteiger partial charge in [0.05, 0.1) is 12.3 Å². The van der Waals surface area contributed by atoms with Crippen molar-refractivity contribution in [2.45, 2.75) is 19.9 Å². The Kier molecular flexibility index (Phi) is 3.00. The Hall–Kier alpha value is -0.580. The van der Waals surface area contributed by atoms with E-state index in [1.165, 1.54) is 15.3 Å². The van der Waals surface area contributed by atoms with E-state index < -0.39 is 0 Å². The predicted octanol–water partition coefficient (Wildman–Crippen LogP) is 3.77. The van der Waals surface area contributed by atoms with E-state index in [2.05, 4.69) is 35.8 Å². The van der Waals surface area contributed by atoms with Crippen LogP contribution < -0.4 is 5.73 Å². The molecule has 0 saturated heterocycles. The fraction of sp³-hybridized carbons (Fsp3) is 0.273. The van der Waals surface area contributed by atoms with Crippen molar-refractivity contribution < 1.29 is 4.42 Å². The number of furan rings is 1. The Morgan fingerprint density at radius 3 is 2.67 bits per heavy atom. The molecule has 0 saturated carbocycles. The molecule has 0 aromatic carbocycles. The fourth-order valence-electron chi connectivity index (χ4n) is 1.64. The number of rotatable bonds is 2. The van der Waals surface area contributed by atoms with E-state index >= 15 is 0 Å². The van der Waals surface area contributed by atoms with Gasteiger partial charge < -0.3 is 10.2 Å². The van der Waals surface area contributed by atoms with Gasteiger partial charge in [0, 0.05) is 15.3 Å². The van der Waals surface area contributed by atoms with Gasteiger partial charge in [-0.15, -0.1) is 11.3 Å². The average molecular weight is 286 g/mol. The highest BCUT2D eigenvalue weighted by Gasteiger charge is 2.18. The van der Waals surface area contributed by atoms with Gasteiger partial charge in [0.1, 0.15) is 0 Å². The molecule has 80 valence electrons. The zero-order chi connectivity index (χ0) is 11.0. The van der Waals surface area contributed by atoms with Crippen LogP contribution in [-0.4, -0.2) is 0 Å². The number of thiophene rings is 1. The second kappa shape index (κ2) is 4.12. The molecule has 0 aliphatic carbocycles. The van der Waals surface area contributed by atoms with E-state index in [0.717, 1.165) is 10.2 Å². The third-order valence-corrected chi connectivity index (χ3v) is 4.22. The molecule has 2 nitrogen and oxygen atoms in total. The summed E-state index contributed by atoms with van der Waals surface area (Å²) in [6.07, 6.45) is 1.65. The first-order valence-electron chi connectivity index (χ1n) is 4.65. The van der Waals surface area contributed by atoms with E-state index in [4.69, 9.17) is 10.2 Å². The maximum absolute atomic E-state index is 6.20. The molecule has 1 unspecified atom stereocenters. The third-order valence-electron chi connectivity index (χ3n) is 2.34. The monoisotopic (exact) mass is 285 g/mol. The summed E-state index contributed by atoms with van der Waals surface area (Å²) in [6, 6.07) is 3.97. The third kappa shape index (κ3) is 2.02. The van der Waals surface area contributed by atoms with E-state index in [9.17, 15) is 0 Å². The molecule has 4 heteroatoms. The van der Waals surface area contributed by atoms with Crippen molar-refractivity contribution in [1.82, 2.24) is 0 Å². The molecule has 0 radical (unpaired) electrons. The molecule has 2 heterocycles. The summed E-state index contributed by atoms with van der Waals surface area (Å²) in [5, 5.41) is 0. The molecular formula is C11H12BrNOS. The van der Waals surface area contributed by atoms with Crippen LogP contribution in [-0.2, 0) is 0 Å². The number of halogens is 1. The van der Waals surface area contributed by atoms with E-state index in [1.54, 1.807) is 17.6 Å². The van der Waals surface area contributed by atoms with Crippen LogP contribution in [0.2, 0.25) is 0 Å². The van der Waals surface area contributed by atoms with Crippen LogP contribution >= 0.6 is 27.3 Å². The van der Waals surface area contributed by atoms with Crippen LogP contribution in [0.15, 0.2) is 27.5 Å². The van der Waals surface area contributed by atoms with E-state index in [0.29, 0.717) is 0 Å². The predicted molar refractivity (Wildman–Crippen MR) is 66.2 cm³/mol. The summed E-state index contributed by atoms with van der Waals surface area (Å²) < 4.78 is 5.92. The molecule has 0 aliphatic rings. The highest BCUT2D eigenvalue weighted by atomic mass is 79.9. The second-order valence-electron chi connectivity index (χ2n) is 3.53. The summed E-state index contributed by atoms with van der Waals surface area (Å²) in [7, 11) is 0. The van der Waals surface area contributed by atoms with Crippen LogP contribution in [0.4, 0.5) is 0 Å². The first-order valence-corrected chi connectivity index (χ1v) is 6.26. The van der Waals surface area contributed by atoms with Gasteiger partial charge in [-0.25, -0.2) is 0 Å². The fourth-order valence-corrected chi connectivity index (χ4v) is 3.18. The number of hydrogen-bond acceptors (Lipinski definition) is 3. The maximum atomic E-state index is 6.20. The molecule has 2 aromatic heterocycles. The smallest absolute Gasteiger partial charge is 0.174 e. The second-order valence-corrected chi connectivity index (χ2v) is 5.54. The van der Waals surface area contributed by atoms with Gasteiger partial charge in [-0.2, -0.15) is 0 Å². The standard InChI is InChI=1S/C11H12BrNOS/c1-6-5-7(2)15-10(6)9(13)8-3-4-14-11(8)12/h3-5,9H,13H2,1-2H3. The highest BCUT2D eigenvalue weighted by molar-refractivity contribution is 9.10. The minimum absolute atomic E-state index is 0.100. The van der Waals surface area contributed by atoms with Crippen molar-refractivity contribution in [2.75, 3.05) is 0 Å². The minimum Gasteiger partial charge on any atom is -0.457 e. The van der Waals surface area contributed by atoms with Gasteiger partial charge in [-0.3, -0.25) is 0 Å². The molecule has 2 N–H and O–H groups in total. The van der Waals surface area contributed by atoms with E-state index in [1.807, 2.05) is 6.07 Å². The summed E-state index contributed by atoms with van der Waals surface area (Å²) in [4.78, 5) is 2.49. The zero-order valence-electron chi connectivity index (χ0n) is 8.58. The number of nitrogens with two attached hydrogens (primary N) is 1. The lowest BCUT2D eigenvalue weighted by atomic mass is 10.1. The average Bonchev–Trinajstić information content (AvgIpc) is 2.71. The Labute approximate surface area is 101 Å². The summed E-state index contributed by atoms with van der Waals surface area (Å²) in [5.74, 6) is 0. The quantitative estimate of drug-likeness (QED) is 0.912. The highest BCUT2D eigenvalue weighted by Crippen LogP contribution is 2.33. The summed E-state index contributed by atoms with van der Waals surface area (Å²) in [6.45, 7) is 4.19. The topological polar surface area (TPSA) is 39.2 Å². The normalized spacial score (nSPS) is 13.1. The van der Waals surface area contributed by atoms with Crippen molar-refractivity contribution in [3.63, 3.8) is 0 Å². The van der Waals surface area contributed by atoms with Gasteiger partial charge in [0.2, 0.25) is 0 Å². The molecule has 0 aliphatic heterocycles. The molecule has 0 fully saturated rings. The SMILES string of the molecule is Cc1cc(C)c(C(N)c2ccoc2Br)s1. The van der Waals surface area contributed by atoms with Crippen LogP contribution in [0, 0.1) is 13.8 Å². The molecule has 1 atom stereocenters. The van der Waals surface area contributed by atoms with Crippen LogP contribution in [0.1, 0.15) is 26.9 Å². The van der Waals surface area contributed by atoms with Crippen molar-refractivity contribution >= 4 is 27.3 Å². The van der Waals surface area contributed by atoms with Crippen LogP contribution in [0.5, 0.6) is 0 Å². The van der Waals surface area contributed by atoms with Crippen molar-refractivity contribution in [3.05, 3.63) is 43.9 Å². The molecule has 0 bridgehead atoms. The number of hydrogen-bond donors (Lipinski definition) is 1. The molecule has 0 amide bonds. The Morgan fingerprint density at radius 1 is 1.47 bits per heavy atom. The van der Waals surface area contributed by atoms with Gasteiger partial charge in [-0.1, -0.05) is 0 Å². The lowest BCUT2D eigenvalue weighted by molar-refractivity contribution is 0.535. The Morgan fingerprint density at radius 2 is 2.20 bits per heavy atom.